The number of rotatable bonds is 10. The summed E-state index contributed by atoms with van der Waals surface area (Å²) in [4.78, 5) is 15.2. The van der Waals surface area contributed by atoms with Crippen molar-refractivity contribution >= 4 is 21.8 Å². The lowest BCUT2D eigenvalue weighted by molar-refractivity contribution is -0.860. The minimum absolute atomic E-state index is 0.0428. The van der Waals surface area contributed by atoms with Crippen LogP contribution in [0.4, 0.5) is 4.39 Å². The number of carbonyl (C=O) groups is 1. The van der Waals surface area contributed by atoms with Gasteiger partial charge in [0.05, 0.1) is 23.4 Å². The van der Waals surface area contributed by atoms with Crippen LogP contribution in [-0.2, 0) is 14.8 Å². The molecule has 1 unspecified atom stereocenters. The number of halogens is 1. The van der Waals surface area contributed by atoms with Crippen LogP contribution in [0.3, 0.4) is 0 Å². The van der Waals surface area contributed by atoms with Gasteiger partial charge in [0.2, 0.25) is 10.0 Å². The van der Waals surface area contributed by atoms with E-state index < -0.39 is 15.8 Å². The van der Waals surface area contributed by atoms with Crippen molar-refractivity contribution in [3.05, 3.63) is 30.1 Å². The first-order valence-electron chi connectivity index (χ1n) is 13.6. The van der Waals surface area contributed by atoms with Crippen molar-refractivity contribution in [1.29, 1.82) is 0 Å². The quantitative estimate of drug-likeness (QED) is 0.139. The van der Waals surface area contributed by atoms with Crippen molar-refractivity contribution in [1.82, 2.24) is 20.4 Å². The highest BCUT2D eigenvalue weighted by Gasteiger charge is 2.81. The molecule has 1 atom stereocenters. The normalized spacial score (nSPS) is 32.3. The van der Waals surface area contributed by atoms with Gasteiger partial charge in [0.15, 0.2) is 0 Å². The summed E-state index contributed by atoms with van der Waals surface area (Å²) in [5.41, 5.74) is 3.57. The van der Waals surface area contributed by atoms with Gasteiger partial charge in [-0.2, -0.15) is 5.10 Å². The molecule has 1 aliphatic carbocycles. The number of nitrogens with one attached hydrogen (secondary N) is 3. The smallest absolute Gasteiger partial charge is 0.375 e. The van der Waals surface area contributed by atoms with Crippen LogP contribution in [0.15, 0.2) is 34.3 Å². The van der Waals surface area contributed by atoms with Gasteiger partial charge >= 0.3 is 5.91 Å². The van der Waals surface area contributed by atoms with Gasteiger partial charge in [0.25, 0.3) is 6.17 Å². The molecule has 3 aliphatic heterocycles. The number of amides is 1. The van der Waals surface area contributed by atoms with Gasteiger partial charge in [0, 0.05) is 39.1 Å². The summed E-state index contributed by atoms with van der Waals surface area (Å²) in [7, 11) is -1.77. The first kappa shape index (κ1) is 26.5. The molecule has 4 fully saturated rings. The van der Waals surface area contributed by atoms with E-state index in [9.17, 15) is 17.6 Å². The number of amidine groups is 1. The average Bonchev–Trinajstić information content (AvgIpc) is 3.44. The van der Waals surface area contributed by atoms with Crippen LogP contribution in [-0.4, -0.2) is 81.5 Å². The number of likely N-dealkylation sites (tertiary alicyclic amines) is 1. The largest absolute Gasteiger partial charge is 0.390 e. The van der Waals surface area contributed by atoms with Gasteiger partial charge in [-0.15, -0.1) is 0 Å². The van der Waals surface area contributed by atoms with Crippen LogP contribution in [0.2, 0.25) is 0 Å². The van der Waals surface area contributed by atoms with Crippen molar-refractivity contribution in [3.8, 4) is 0 Å². The predicted molar refractivity (Wildman–Crippen MR) is 139 cm³/mol. The number of carbonyl (C=O) groups excluding carboxylic acids is 1. The standard InChI is InChI=1S/C26H40FN6O3S/c1-3-4-5-23(28-2)30-29-16-19-14-26(15-19)17-33(18-26)24(25(33)34)32-12-10-21(11-13-32)31-37(35,36)22-8-6-20(27)7-9-22/h6-9,19,21,24,29,31H,3-5,10-18H2,1-2H3,(H,28,30)/q+1. The van der Waals surface area contributed by atoms with Gasteiger partial charge in [-0.05, 0) is 62.3 Å². The minimum atomic E-state index is -3.68. The van der Waals surface area contributed by atoms with E-state index >= 15 is 0 Å². The number of quaternary nitrogens is 1. The first-order valence-corrected chi connectivity index (χ1v) is 15.1. The van der Waals surface area contributed by atoms with Crippen molar-refractivity contribution < 1.29 is 22.1 Å². The molecule has 5 rings (SSSR count). The van der Waals surface area contributed by atoms with Crippen molar-refractivity contribution in [2.45, 2.75) is 69.0 Å². The van der Waals surface area contributed by atoms with Crippen molar-refractivity contribution in [3.63, 3.8) is 0 Å². The number of benzene rings is 1. The first-order chi connectivity index (χ1) is 17.7. The number of sulfonamides is 1. The maximum absolute atomic E-state index is 13.1. The topological polar surface area (TPSA) is 103 Å². The molecule has 4 aliphatic rings. The molecule has 1 saturated carbocycles. The SMILES string of the molecule is CCCC/C(=N/NCC1CC2(C1)C[N+]1(C2)C(=O)C1N1CCC(NS(=O)(=O)c2ccc(F)cc2)CC1)NC. The number of hydrogen-bond donors (Lipinski definition) is 3. The average molecular weight is 536 g/mol. The van der Waals surface area contributed by atoms with Gasteiger partial charge in [-0.1, -0.05) is 13.3 Å². The Morgan fingerprint density at radius 1 is 1.19 bits per heavy atom. The maximum atomic E-state index is 13.1. The molecule has 1 amide bonds. The lowest BCUT2D eigenvalue weighted by Gasteiger charge is -2.56. The number of piperidine rings is 1. The van der Waals surface area contributed by atoms with Gasteiger partial charge in [0.1, 0.15) is 11.7 Å². The van der Waals surface area contributed by atoms with E-state index in [1.165, 1.54) is 12.1 Å². The summed E-state index contributed by atoms with van der Waals surface area (Å²) >= 11 is 0. The highest BCUT2D eigenvalue weighted by atomic mass is 32.2. The number of nitrogens with zero attached hydrogens (tertiary/aromatic N) is 3. The van der Waals surface area contributed by atoms with E-state index in [-0.39, 0.29) is 17.1 Å². The Labute approximate surface area is 219 Å². The molecular formula is C26H40FN6O3S+. The third-order valence-corrected chi connectivity index (χ3v) is 10.2. The lowest BCUT2D eigenvalue weighted by Crippen LogP contribution is -2.67. The van der Waals surface area contributed by atoms with E-state index in [0.717, 1.165) is 69.7 Å². The summed E-state index contributed by atoms with van der Waals surface area (Å²) in [5.74, 6) is 1.49. The molecule has 0 bridgehead atoms. The van der Waals surface area contributed by atoms with E-state index in [1.54, 1.807) is 0 Å². The number of unbranched alkanes of at least 4 members (excludes halogenated alkanes) is 1. The Kier molecular flexibility index (Phi) is 7.34. The molecule has 3 saturated heterocycles. The van der Waals surface area contributed by atoms with Crippen molar-refractivity contribution in [2.75, 3.05) is 39.8 Å². The number of hydrazone groups is 1. The summed E-state index contributed by atoms with van der Waals surface area (Å²) in [6.45, 7) is 6.37. The second-order valence-corrected chi connectivity index (χ2v) is 13.2. The Bertz CT molecular complexity index is 1120. The molecule has 2 spiro atoms. The van der Waals surface area contributed by atoms with E-state index in [1.807, 2.05) is 7.05 Å². The molecule has 0 radical (unpaired) electrons. The van der Waals surface area contributed by atoms with Crippen LogP contribution in [0.25, 0.3) is 0 Å². The fraction of sp³-hybridized carbons (Fsp3) is 0.692. The maximum Gasteiger partial charge on any atom is 0.390 e. The summed E-state index contributed by atoms with van der Waals surface area (Å²) in [6, 6.07) is 4.70. The highest BCUT2D eigenvalue weighted by Crippen LogP contribution is 2.61. The van der Waals surface area contributed by atoms with Crippen LogP contribution >= 0.6 is 0 Å². The molecule has 3 N–H and O–H groups in total. The third-order valence-electron chi connectivity index (χ3n) is 8.71. The molecule has 9 nitrogen and oxygen atoms in total. The predicted octanol–water partition coefficient (Wildman–Crippen LogP) is 1.97. The monoisotopic (exact) mass is 535 g/mol. The Balaban J connectivity index is 1.04. The van der Waals surface area contributed by atoms with E-state index in [4.69, 9.17) is 0 Å². The third kappa shape index (κ3) is 5.28. The number of hydrogen-bond acceptors (Lipinski definition) is 6. The van der Waals surface area contributed by atoms with Gasteiger partial charge < -0.3 is 10.7 Å². The molecule has 204 valence electrons. The fourth-order valence-electron chi connectivity index (χ4n) is 6.85. The molecular weight excluding hydrogens is 495 g/mol. The van der Waals surface area contributed by atoms with Gasteiger partial charge in [-0.3, -0.25) is 0 Å². The lowest BCUT2D eigenvalue weighted by atomic mass is 9.57. The van der Waals surface area contributed by atoms with E-state index in [2.05, 4.69) is 32.4 Å². The summed E-state index contributed by atoms with van der Waals surface area (Å²) < 4.78 is 41.8. The second kappa shape index (κ2) is 10.2. The fourth-order valence-corrected chi connectivity index (χ4v) is 8.16. The molecule has 1 aromatic carbocycles. The molecule has 3 heterocycles. The zero-order chi connectivity index (χ0) is 26.3. The molecule has 0 aromatic heterocycles. The molecule has 11 heteroatoms. The zero-order valence-electron chi connectivity index (χ0n) is 21.9. The summed E-state index contributed by atoms with van der Waals surface area (Å²) in [6.07, 6.45) is 6.85. The molecule has 1 aromatic rings. The highest BCUT2D eigenvalue weighted by molar-refractivity contribution is 7.89. The van der Waals surface area contributed by atoms with Gasteiger partial charge in [-0.25, -0.2) is 31.7 Å². The van der Waals surface area contributed by atoms with E-state index in [0.29, 0.717) is 47.7 Å². The Morgan fingerprint density at radius 3 is 2.49 bits per heavy atom. The van der Waals surface area contributed by atoms with Crippen LogP contribution in [0, 0.1) is 17.2 Å². The van der Waals surface area contributed by atoms with Crippen molar-refractivity contribution in [2.24, 2.45) is 16.4 Å². The minimum Gasteiger partial charge on any atom is -0.375 e. The van der Waals surface area contributed by atoms with Crippen LogP contribution in [0.5, 0.6) is 0 Å². The molecule has 37 heavy (non-hydrogen) atoms. The van der Waals surface area contributed by atoms with Crippen LogP contribution < -0.4 is 15.5 Å². The zero-order valence-corrected chi connectivity index (χ0v) is 22.7. The Hall–Kier alpha value is -2.08. The van der Waals surface area contributed by atoms with Crippen LogP contribution in [0.1, 0.15) is 51.9 Å². The summed E-state index contributed by atoms with van der Waals surface area (Å²) in [5, 5.41) is 7.67. The second-order valence-electron chi connectivity index (χ2n) is 11.5. The Morgan fingerprint density at radius 2 is 1.86 bits per heavy atom.